The number of pyridine rings is 1. The van der Waals surface area contributed by atoms with Crippen molar-refractivity contribution in [3.8, 4) is 30.3 Å². The molecule has 0 aliphatic rings. The summed E-state index contributed by atoms with van der Waals surface area (Å²) in [5.41, 5.74) is -2.43. The van der Waals surface area contributed by atoms with Gasteiger partial charge in [-0.15, -0.1) is 0 Å². The molecule has 0 fully saturated rings. The summed E-state index contributed by atoms with van der Waals surface area (Å²) in [5.74, 6) is 0. The molecule has 1 heterocycles. The van der Waals surface area contributed by atoms with E-state index in [4.69, 9.17) is 10.5 Å². The minimum Gasteiger partial charge on any atom is -0.241 e. The van der Waals surface area contributed by atoms with Gasteiger partial charge in [-0.1, -0.05) is 19.4 Å². The van der Waals surface area contributed by atoms with Crippen LogP contribution in [0.15, 0.2) is 35.5 Å². The smallest absolute Gasteiger partial charge is 0.241 e. The zero-order chi connectivity index (χ0) is 22.8. The minimum absolute atomic E-state index is 0.0245. The number of benzene rings is 1. The number of nitriles is 5. The second kappa shape index (κ2) is 6.57. The van der Waals surface area contributed by atoms with Crippen molar-refractivity contribution in [3.05, 3.63) is 57.6 Å². The third-order valence-electron chi connectivity index (χ3n) is 3.69. The van der Waals surface area contributed by atoms with Crippen LogP contribution in [0.3, 0.4) is 0 Å². The Bertz CT molecular complexity index is 1410. The van der Waals surface area contributed by atoms with Crippen LogP contribution in [0.1, 0.15) is 16.7 Å². The summed E-state index contributed by atoms with van der Waals surface area (Å²) in [6.07, 6.45) is 0.433. The molecule has 0 saturated heterocycles. The highest BCUT2D eigenvalue weighted by Crippen LogP contribution is 3.01. The molecule has 0 amide bonds. The van der Waals surface area contributed by atoms with Crippen molar-refractivity contribution in [2.45, 2.75) is 5.03 Å². The molecule has 0 unspecified atom stereocenters. The third kappa shape index (κ3) is 4.18. The second-order valence-corrected chi connectivity index (χ2v) is 7.96. The van der Waals surface area contributed by atoms with Gasteiger partial charge in [0.05, 0.1) is 28.8 Å². The summed E-state index contributed by atoms with van der Waals surface area (Å²) >= 11 is 0. The summed E-state index contributed by atoms with van der Waals surface area (Å²) in [5, 5.41) is 43.0. The van der Waals surface area contributed by atoms with E-state index in [0.29, 0.717) is 6.20 Å². The maximum absolute atomic E-state index is 13.1. The number of hydrogen-bond acceptors (Lipinski definition) is 6. The van der Waals surface area contributed by atoms with Gasteiger partial charge in [-0.25, -0.2) is 4.98 Å². The molecule has 0 atom stereocenters. The lowest BCUT2D eigenvalue weighted by Gasteiger charge is -2.39. The van der Waals surface area contributed by atoms with E-state index in [1.54, 1.807) is 12.1 Å². The molecule has 0 aliphatic heterocycles. The molecule has 12 heteroatoms. The molecule has 2 aromatic rings. The zero-order valence-corrected chi connectivity index (χ0v) is 15.2. The average molecular weight is 432 g/mol. The predicted octanol–water partition coefficient (Wildman–Crippen LogP) is 3.40. The van der Waals surface area contributed by atoms with Crippen LogP contribution in [-0.2, 0) is 0 Å². The number of nitrogens with zero attached hydrogens (tertiary/aromatic N) is 6. The summed E-state index contributed by atoms with van der Waals surface area (Å²) in [4.78, 5) is 2.66. The molecule has 0 bridgehead atoms. The van der Waals surface area contributed by atoms with Crippen LogP contribution >= 0.6 is 10.2 Å². The highest BCUT2D eigenvalue weighted by atomic mass is 32.5. The summed E-state index contributed by atoms with van der Waals surface area (Å²) in [7, 11) is -10.1. The Kier molecular flexibility index (Phi) is 4.78. The third-order valence-corrected chi connectivity index (χ3v) is 4.71. The van der Waals surface area contributed by atoms with Gasteiger partial charge in [-0.05, 0) is 29.8 Å². The van der Waals surface area contributed by atoms with E-state index in [9.17, 15) is 35.2 Å². The molecule has 148 valence electrons. The molecule has 0 radical (unpaired) electrons. The van der Waals surface area contributed by atoms with Gasteiger partial charge in [0.2, 0.25) is 0 Å². The van der Waals surface area contributed by atoms with Crippen LogP contribution in [-0.4, -0.2) is 4.98 Å². The van der Waals surface area contributed by atoms with Crippen molar-refractivity contribution in [1.82, 2.24) is 4.98 Å². The van der Waals surface area contributed by atoms with E-state index in [1.807, 2.05) is 0 Å². The van der Waals surface area contributed by atoms with Crippen molar-refractivity contribution in [3.63, 3.8) is 0 Å². The Balaban J connectivity index is 3.07. The Hall–Kier alpha value is -4.44. The largest absolute Gasteiger partial charge is 0.325 e. The van der Waals surface area contributed by atoms with Crippen molar-refractivity contribution in [2.75, 3.05) is 0 Å². The molecular formula is C18H5F5N6S. The lowest BCUT2D eigenvalue weighted by molar-refractivity contribution is 0.358. The van der Waals surface area contributed by atoms with Crippen LogP contribution in [0, 0.1) is 56.7 Å². The quantitative estimate of drug-likeness (QED) is 0.668. The van der Waals surface area contributed by atoms with Crippen molar-refractivity contribution >= 4 is 21.4 Å². The first-order valence-corrected chi connectivity index (χ1v) is 9.38. The highest BCUT2D eigenvalue weighted by Gasteiger charge is 2.67. The van der Waals surface area contributed by atoms with E-state index in [1.165, 1.54) is 18.2 Å². The number of rotatable bonds is 2. The topological polar surface area (TPSA) is 132 Å². The van der Waals surface area contributed by atoms with E-state index in [-0.39, 0.29) is 27.6 Å². The first-order valence-electron chi connectivity index (χ1n) is 7.43. The second-order valence-electron chi connectivity index (χ2n) is 5.60. The molecule has 0 N–H and O–H groups in total. The van der Waals surface area contributed by atoms with Gasteiger partial charge in [0, 0.05) is 16.6 Å². The van der Waals surface area contributed by atoms with Crippen LogP contribution < -0.4 is 10.4 Å². The standard InChI is InChI=1S/C18H5F5N6S/c19-30(20,21,22,23)18-5-11(1-2-29-18)17(10-28)16-4-12(6-24)15(3-13(16)7-25)14(8-26)9-27/h1-5H/b17-16-. The lowest BCUT2D eigenvalue weighted by Crippen LogP contribution is -2.21. The number of aromatic nitrogens is 1. The molecule has 6 nitrogen and oxygen atoms in total. The summed E-state index contributed by atoms with van der Waals surface area (Å²) < 4.78 is 65.3. The Morgan fingerprint density at radius 3 is 1.77 bits per heavy atom. The lowest BCUT2D eigenvalue weighted by atomic mass is 9.98. The van der Waals surface area contributed by atoms with E-state index in [2.05, 4.69) is 4.98 Å². The number of halogens is 5. The van der Waals surface area contributed by atoms with Crippen LogP contribution in [0.4, 0.5) is 19.4 Å². The summed E-state index contributed by atoms with van der Waals surface area (Å²) in [6, 6.07) is 10.6. The fourth-order valence-corrected chi connectivity index (χ4v) is 3.01. The molecule has 30 heavy (non-hydrogen) atoms. The first kappa shape index (κ1) is 21.9. The Labute approximate surface area is 165 Å². The van der Waals surface area contributed by atoms with Crippen LogP contribution in [0.25, 0.3) is 11.1 Å². The summed E-state index contributed by atoms with van der Waals surface area (Å²) in [6.45, 7) is 0. The molecule has 0 spiro atoms. The molecule has 2 rings (SSSR count). The predicted molar refractivity (Wildman–Crippen MR) is 93.5 cm³/mol. The average Bonchev–Trinajstić information content (AvgIpc) is 2.68. The molecule has 1 aromatic carbocycles. The first-order chi connectivity index (χ1) is 13.8. The van der Waals surface area contributed by atoms with Crippen LogP contribution in [0.5, 0.6) is 0 Å². The fraction of sp³-hybridized carbons (Fsp3) is 0. The highest BCUT2D eigenvalue weighted by molar-refractivity contribution is 8.45. The van der Waals surface area contributed by atoms with Gasteiger partial charge in [0.1, 0.15) is 23.8 Å². The van der Waals surface area contributed by atoms with Crippen molar-refractivity contribution in [2.24, 2.45) is 0 Å². The van der Waals surface area contributed by atoms with E-state index < -0.39 is 32.0 Å². The Morgan fingerprint density at radius 2 is 1.30 bits per heavy atom. The van der Waals surface area contributed by atoms with Gasteiger partial charge < -0.3 is 0 Å². The maximum Gasteiger partial charge on any atom is 0.325 e. The van der Waals surface area contributed by atoms with E-state index in [0.717, 1.165) is 18.2 Å². The van der Waals surface area contributed by atoms with Gasteiger partial charge in [-0.2, -0.15) is 26.3 Å². The minimum atomic E-state index is -10.1. The van der Waals surface area contributed by atoms with E-state index >= 15 is 0 Å². The maximum atomic E-state index is 13.1. The van der Waals surface area contributed by atoms with Crippen molar-refractivity contribution in [1.29, 1.82) is 26.3 Å². The zero-order valence-electron chi connectivity index (χ0n) is 14.4. The molecule has 0 saturated carbocycles. The molecule has 0 aliphatic carbocycles. The van der Waals surface area contributed by atoms with Gasteiger partial charge in [0.15, 0.2) is 5.03 Å². The Morgan fingerprint density at radius 1 is 0.767 bits per heavy atom. The van der Waals surface area contributed by atoms with Gasteiger partial charge >= 0.3 is 10.2 Å². The fourth-order valence-electron chi connectivity index (χ4n) is 2.40. The SMILES string of the molecule is N#CC(C#N)=c1cc(C#N)/c(=C(/C#N)c2ccnc(S(F)(F)(F)(F)F)c2)cc1C#N. The van der Waals surface area contributed by atoms with Gasteiger partial charge in [0.25, 0.3) is 0 Å². The van der Waals surface area contributed by atoms with Crippen molar-refractivity contribution < 1.29 is 19.4 Å². The normalized spacial score (nSPS) is 13.7. The number of hydrogen-bond donors (Lipinski definition) is 0. The molecule has 1 aromatic heterocycles. The van der Waals surface area contributed by atoms with Gasteiger partial charge in [-0.3, -0.25) is 0 Å². The monoisotopic (exact) mass is 432 g/mol. The van der Waals surface area contributed by atoms with Crippen LogP contribution in [0.2, 0.25) is 0 Å². The molecular weight excluding hydrogens is 427 g/mol.